The highest BCUT2D eigenvalue weighted by Crippen LogP contribution is 2.47. The summed E-state index contributed by atoms with van der Waals surface area (Å²) in [5.74, 6) is 0.864. The first kappa shape index (κ1) is 18.0. The van der Waals surface area contributed by atoms with E-state index in [1.165, 1.54) is 21.2 Å². The number of para-hydroxylation sites is 1. The number of nitrogens with zero attached hydrogens (tertiary/aromatic N) is 1. The third-order valence-electron chi connectivity index (χ3n) is 5.36. The molecule has 29 heavy (non-hydrogen) atoms. The third kappa shape index (κ3) is 3.54. The van der Waals surface area contributed by atoms with Gasteiger partial charge in [0, 0.05) is 22.3 Å². The molecule has 0 saturated carbocycles. The van der Waals surface area contributed by atoms with Crippen LogP contribution in [0, 0.1) is 0 Å². The van der Waals surface area contributed by atoms with Crippen molar-refractivity contribution in [2.75, 3.05) is 7.11 Å². The first-order valence-electron chi connectivity index (χ1n) is 9.77. The van der Waals surface area contributed by atoms with Gasteiger partial charge in [-0.2, -0.15) is 0 Å². The van der Waals surface area contributed by atoms with Crippen LogP contribution in [-0.4, -0.2) is 12.8 Å². The van der Waals surface area contributed by atoms with E-state index in [-0.39, 0.29) is 0 Å². The Bertz CT molecular complexity index is 1190. The van der Waals surface area contributed by atoms with E-state index in [2.05, 4.69) is 78.9 Å². The first-order valence-corrected chi connectivity index (χ1v) is 10.6. The van der Waals surface area contributed by atoms with Crippen LogP contribution in [0.5, 0.6) is 5.75 Å². The molecule has 0 unspecified atom stereocenters. The Morgan fingerprint density at radius 3 is 2.45 bits per heavy atom. The van der Waals surface area contributed by atoms with Crippen molar-refractivity contribution in [2.24, 2.45) is 4.99 Å². The maximum absolute atomic E-state index is 5.33. The Labute approximate surface area is 175 Å². The molecule has 0 fully saturated rings. The maximum Gasteiger partial charge on any atom is 0.118 e. The molecule has 0 saturated heterocycles. The van der Waals surface area contributed by atoms with Crippen molar-refractivity contribution in [1.29, 1.82) is 0 Å². The highest BCUT2D eigenvalue weighted by Gasteiger charge is 2.23. The monoisotopic (exact) mass is 395 g/mol. The Hall–Kier alpha value is -3.04. The molecule has 0 aromatic heterocycles. The minimum atomic E-state index is 0.297. The van der Waals surface area contributed by atoms with E-state index < -0.39 is 0 Å². The van der Waals surface area contributed by atoms with Gasteiger partial charge in [-0.05, 0) is 58.3 Å². The lowest BCUT2D eigenvalue weighted by atomic mass is 9.97. The second kappa shape index (κ2) is 7.76. The lowest BCUT2D eigenvalue weighted by Crippen LogP contribution is -2.06. The molecule has 3 heteroatoms. The lowest BCUT2D eigenvalue weighted by Gasteiger charge is -2.18. The van der Waals surface area contributed by atoms with Gasteiger partial charge in [0.05, 0.1) is 12.8 Å². The predicted molar refractivity (Wildman–Crippen MR) is 123 cm³/mol. The van der Waals surface area contributed by atoms with E-state index in [0.717, 1.165) is 29.1 Å². The van der Waals surface area contributed by atoms with Gasteiger partial charge in [-0.1, -0.05) is 54.6 Å². The highest BCUT2D eigenvalue weighted by atomic mass is 32.2. The van der Waals surface area contributed by atoms with Crippen molar-refractivity contribution in [1.82, 2.24) is 0 Å². The van der Waals surface area contributed by atoms with Gasteiger partial charge in [0.2, 0.25) is 0 Å². The zero-order chi connectivity index (χ0) is 19.6. The first-order chi connectivity index (χ1) is 14.3. The SMILES string of the molecule is COc1ccc(C2=Nc3ccccc3S[C@H](c3cccc4ccccc34)C2)cc1. The van der Waals surface area contributed by atoms with Gasteiger partial charge in [0.15, 0.2) is 0 Å². The number of fused-ring (bicyclic) bond motifs is 2. The van der Waals surface area contributed by atoms with Crippen LogP contribution < -0.4 is 4.74 Å². The van der Waals surface area contributed by atoms with Crippen LogP contribution in [0.1, 0.15) is 22.8 Å². The average molecular weight is 396 g/mol. The van der Waals surface area contributed by atoms with Crippen molar-refractivity contribution in [2.45, 2.75) is 16.6 Å². The normalized spacial score (nSPS) is 16.0. The molecule has 1 atom stereocenters. The van der Waals surface area contributed by atoms with Crippen LogP contribution in [0.25, 0.3) is 10.8 Å². The van der Waals surface area contributed by atoms with Gasteiger partial charge in [-0.15, -0.1) is 11.8 Å². The molecule has 1 heterocycles. The lowest BCUT2D eigenvalue weighted by molar-refractivity contribution is 0.415. The van der Waals surface area contributed by atoms with E-state index in [4.69, 9.17) is 9.73 Å². The minimum Gasteiger partial charge on any atom is -0.497 e. The number of hydrogen-bond donors (Lipinski definition) is 0. The molecule has 0 aliphatic carbocycles. The molecular formula is C26H21NOS. The Morgan fingerprint density at radius 2 is 1.59 bits per heavy atom. The predicted octanol–water partition coefficient (Wildman–Crippen LogP) is 7.21. The second-order valence-electron chi connectivity index (χ2n) is 7.13. The van der Waals surface area contributed by atoms with E-state index in [9.17, 15) is 0 Å². The fraction of sp³-hybridized carbons (Fsp3) is 0.115. The summed E-state index contributed by atoms with van der Waals surface area (Å²) in [4.78, 5) is 6.31. The molecule has 0 spiro atoms. The van der Waals surface area contributed by atoms with Crippen LogP contribution in [0.2, 0.25) is 0 Å². The molecule has 142 valence electrons. The van der Waals surface area contributed by atoms with Crippen LogP contribution in [-0.2, 0) is 0 Å². The number of thioether (sulfide) groups is 1. The zero-order valence-corrected chi connectivity index (χ0v) is 17.0. The molecule has 0 bridgehead atoms. The molecule has 4 aromatic carbocycles. The van der Waals surface area contributed by atoms with Crippen molar-refractivity contribution in [3.05, 3.63) is 102 Å². The summed E-state index contributed by atoms with van der Waals surface area (Å²) < 4.78 is 5.33. The van der Waals surface area contributed by atoms with E-state index in [1.807, 2.05) is 23.9 Å². The van der Waals surface area contributed by atoms with E-state index in [1.54, 1.807) is 7.11 Å². The van der Waals surface area contributed by atoms with Gasteiger partial charge < -0.3 is 4.74 Å². The van der Waals surface area contributed by atoms with Crippen LogP contribution in [0.3, 0.4) is 0 Å². The maximum atomic E-state index is 5.33. The van der Waals surface area contributed by atoms with Gasteiger partial charge in [0.25, 0.3) is 0 Å². The molecule has 1 aliphatic rings. The van der Waals surface area contributed by atoms with Crippen molar-refractivity contribution in [3.8, 4) is 5.75 Å². The number of hydrogen-bond acceptors (Lipinski definition) is 3. The van der Waals surface area contributed by atoms with Crippen molar-refractivity contribution in [3.63, 3.8) is 0 Å². The fourth-order valence-corrected chi connectivity index (χ4v) is 5.15. The van der Waals surface area contributed by atoms with Gasteiger partial charge in [-0.3, -0.25) is 4.99 Å². The second-order valence-corrected chi connectivity index (χ2v) is 8.38. The summed E-state index contributed by atoms with van der Waals surface area (Å²) >= 11 is 1.91. The highest BCUT2D eigenvalue weighted by molar-refractivity contribution is 7.99. The minimum absolute atomic E-state index is 0.297. The van der Waals surface area contributed by atoms with Gasteiger partial charge in [-0.25, -0.2) is 0 Å². The molecular weight excluding hydrogens is 374 g/mol. The van der Waals surface area contributed by atoms with Crippen LogP contribution >= 0.6 is 11.8 Å². The molecule has 4 aromatic rings. The standard InChI is InChI=1S/C26H21NOS/c1-28-20-15-13-19(14-16-20)24-17-26(29-25-12-5-4-11-23(25)27-24)22-10-6-8-18-7-2-3-9-21(18)22/h2-16,26H,17H2,1H3/t26-/m0/s1. The quantitative estimate of drug-likeness (QED) is 0.366. The average Bonchev–Trinajstić information content (AvgIpc) is 2.98. The summed E-state index contributed by atoms with van der Waals surface area (Å²) in [5.41, 5.74) is 4.67. The zero-order valence-electron chi connectivity index (χ0n) is 16.2. The molecule has 0 N–H and O–H groups in total. The molecule has 5 rings (SSSR count). The number of ether oxygens (including phenoxy) is 1. The van der Waals surface area contributed by atoms with Crippen LogP contribution in [0.15, 0.2) is 101 Å². The van der Waals surface area contributed by atoms with Crippen molar-refractivity contribution < 1.29 is 4.74 Å². The molecule has 2 nitrogen and oxygen atoms in total. The summed E-state index contributed by atoms with van der Waals surface area (Å²) in [5, 5.41) is 2.90. The number of aliphatic imine (C=N–C) groups is 1. The van der Waals surface area contributed by atoms with Crippen molar-refractivity contribution >= 4 is 33.9 Å². The summed E-state index contributed by atoms with van der Waals surface area (Å²) in [6.07, 6.45) is 0.875. The third-order valence-corrected chi connectivity index (χ3v) is 6.67. The Kier molecular flexibility index (Phi) is 4.82. The van der Waals surface area contributed by atoms with Crippen LogP contribution in [0.4, 0.5) is 5.69 Å². The fourth-order valence-electron chi connectivity index (χ4n) is 3.88. The van der Waals surface area contributed by atoms with Gasteiger partial charge >= 0.3 is 0 Å². The number of benzene rings is 4. The topological polar surface area (TPSA) is 21.6 Å². The summed E-state index contributed by atoms with van der Waals surface area (Å²) in [7, 11) is 1.70. The summed E-state index contributed by atoms with van der Waals surface area (Å²) in [6, 6.07) is 31.9. The Morgan fingerprint density at radius 1 is 0.828 bits per heavy atom. The van der Waals surface area contributed by atoms with E-state index in [0.29, 0.717) is 5.25 Å². The summed E-state index contributed by atoms with van der Waals surface area (Å²) in [6.45, 7) is 0. The number of rotatable bonds is 3. The number of methoxy groups -OCH3 is 1. The Balaban J connectivity index is 1.63. The smallest absolute Gasteiger partial charge is 0.118 e. The largest absolute Gasteiger partial charge is 0.497 e. The van der Waals surface area contributed by atoms with E-state index >= 15 is 0 Å². The van der Waals surface area contributed by atoms with Gasteiger partial charge in [0.1, 0.15) is 5.75 Å². The molecule has 0 amide bonds. The molecule has 1 aliphatic heterocycles. The molecule has 0 radical (unpaired) electrons.